The summed E-state index contributed by atoms with van der Waals surface area (Å²) in [7, 11) is 0. The SMILES string of the molecule is CCOC(=O)CNC(=O)c1ccc(F)cc1[N+](=O)[O-]. The second-order valence-corrected chi connectivity index (χ2v) is 3.41. The van der Waals surface area contributed by atoms with E-state index in [1.807, 2.05) is 0 Å². The summed E-state index contributed by atoms with van der Waals surface area (Å²) >= 11 is 0. The highest BCUT2D eigenvalue weighted by atomic mass is 19.1. The Hall–Kier alpha value is -2.51. The predicted molar refractivity (Wildman–Crippen MR) is 62.0 cm³/mol. The lowest BCUT2D eigenvalue weighted by Crippen LogP contribution is -2.31. The van der Waals surface area contributed by atoms with Crippen molar-refractivity contribution in [1.29, 1.82) is 0 Å². The van der Waals surface area contributed by atoms with Gasteiger partial charge in [-0.05, 0) is 19.1 Å². The molecule has 7 nitrogen and oxygen atoms in total. The zero-order chi connectivity index (χ0) is 14.4. The molecule has 0 aromatic heterocycles. The van der Waals surface area contributed by atoms with E-state index in [1.165, 1.54) is 0 Å². The molecule has 0 aliphatic carbocycles. The lowest BCUT2D eigenvalue weighted by Gasteiger charge is -2.05. The first-order valence-electron chi connectivity index (χ1n) is 5.33. The molecule has 0 radical (unpaired) electrons. The molecule has 0 unspecified atom stereocenters. The Kier molecular flexibility index (Phi) is 4.92. The Labute approximate surface area is 107 Å². The number of hydrogen-bond acceptors (Lipinski definition) is 5. The van der Waals surface area contributed by atoms with E-state index in [4.69, 9.17) is 0 Å². The van der Waals surface area contributed by atoms with Crippen molar-refractivity contribution in [2.75, 3.05) is 13.2 Å². The van der Waals surface area contributed by atoms with Crippen molar-refractivity contribution in [2.24, 2.45) is 0 Å². The minimum Gasteiger partial charge on any atom is -0.465 e. The number of esters is 1. The number of nitrogens with one attached hydrogen (secondary N) is 1. The first-order valence-corrected chi connectivity index (χ1v) is 5.33. The van der Waals surface area contributed by atoms with Crippen LogP contribution in [-0.4, -0.2) is 30.0 Å². The average Bonchev–Trinajstić information content (AvgIpc) is 2.36. The van der Waals surface area contributed by atoms with Crippen molar-refractivity contribution in [1.82, 2.24) is 5.32 Å². The summed E-state index contributed by atoms with van der Waals surface area (Å²) in [5.74, 6) is -2.34. The number of ether oxygens (including phenoxy) is 1. The molecule has 0 heterocycles. The summed E-state index contributed by atoms with van der Waals surface area (Å²) < 4.78 is 17.5. The van der Waals surface area contributed by atoms with Gasteiger partial charge in [-0.3, -0.25) is 19.7 Å². The van der Waals surface area contributed by atoms with Crippen LogP contribution in [0, 0.1) is 15.9 Å². The molecule has 0 fully saturated rings. The number of nitro benzene ring substituents is 1. The first-order chi connectivity index (χ1) is 8.95. The fraction of sp³-hybridized carbons (Fsp3) is 0.273. The average molecular weight is 270 g/mol. The maximum atomic E-state index is 12.9. The van der Waals surface area contributed by atoms with E-state index < -0.39 is 34.8 Å². The molecule has 0 saturated carbocycles. The van der Waals surface area contributed by atoms with Gasteiger partial charge in [-0.25, -0.2) is 4.39 Å². The van der Waals surface area contributed by atoms with Crippen molar-refractivity contribution in [3.05, 3.63) is 39.7 Å². The van der Waals surface area contributed by atoms with E-state index in [-0.39, 0.29) is 12.2 Å². The van der Waals surface area contributed by atoms with E-state index in [0.29, 0.717) is 6.07 Å². The minimum absolute atomic E-state index is 0.158. The molecule has 1 N–H and O–H groups in total. The van der Waals surface area contributed by atoms with Gasteiger partial charge in [0.25, 0.3) is 11.6 Å². The van der Waals surface area contributed by atoms with Gasteiger partial charge in [0.05, 0.1) is 17.6 Å². The highest BCUT2D eigenvalue weighted by molar-refractivity contribution is 5.99. The van der Waals surface area contributed by atoms with Crippen LogP contribution in [0.2, 0.25) is 0 Å². The minimum atomic E-state index is -0.873. The highest BCUT2D eigenvalue weighted by Gasteiger charge is 2.21. The van der Waals surface area contributed by atoms with Gasteiger partial charge in [0, 0.05) is 0 Å². The number of halogens is 1. The Morgan fingerprint density at radius 2 is 2.16 bits per heavy atom. The smallest absolute Gasteiger partial charge is 0.325 e. The lowest BCUT2D eigenvalue weighted by atomic mass is 10.1. The van der Waals surface area contributed by atoms with Gasteiger partial charge in [0.15, 0.2) is 0 Å². The molecule has 0 aliphatic rings. The van der Waals surface area contributed by atoms with Gasteiger partial charge in [0.2, 0.25) is 0 Å². The summed E-state index contributed by atoms with van der Waals surface area (Å²) in [6.07, 6.45) is 0. The second-order valence-electron chi connectivity index (χ2n) is 3.41. The standard InChI is InChI=1S/C11H11FN2O5/c1-2-19-10(15)6-13-11(16)8-4-3-7(12)5-9(8)14(17)18/h3-5H,2,6H2,1H3,(H,13,16). The Bertz CT molecular complexity index is 518. The summed E-state index contributed by atoms with van der Waals surface area (Å²) in [5.41, 5.74) is -0.989. The molecule has 102 valence electrons. The van der Waals surface area contributed by atoms with Crippen LogP contribution >= 0.6 is 0 Å². The number of carbonyl (C=O) groups excluding carboxylic acids is 2. The van der Waals surface area contributed by atoms with Gasteiger partial charge < -0.3 is 10.1 Å². The summed E-state index contributed by atoms with van der Waals surface area (Å²) in [4.78, 5) is 32.5. The molecule has 8 heteroatoms. The molecule has 0 atom stereocenters. The second kappa shape index (κ2) is 6.43. The molecule has 1 amide bonds. The third-order valence-electron chi connectivity index (χ3n) is 2.10. The van der Waals surface area contributed by atoms with Crippen molar-refractivity contribution in [3.8, 4) is 0 Å². The van der Waals surface area contributed by atoms with Crippen LogP contribution in [0.1, 0.15) is 17.3 Å². The fourth-order valence-electron chi connectivity index (χ4n) is 1.31. The van der Waals surface area contributed by atoms with Gasteiger partial charge in [-0.15, -0.1) is 0 Å². The number of hydrogen-bond donors (Lipinski definition) is 1. The fourth-order valence-corrected chi connectivity index (χ4v) is 1.31. The Morgan fingerprint density at radius 3 is 2.74 bits per heavy atom. The first kappa shape index (κ1) is 14.6. The van der Waals surface area contributed by atoms with E-state index in [1.54, 1.807) is 6.92 Å². The van der Waals surface area contributed by atoms with Crippen LogP contribution in [0.15, 0.2) is 18.2 Å². The number of benzene rings is 1. The number of rotatable bonds is 5. The predicted octanol–water partition coefficient (Wildman–Crippen LogP) is 1.03. The van der Waals surface area contributed by atoms with E-state index >= 15 is 0 Å². The van der Waals surface area contributed by atoms with Crippen LogP contribution in [0.5, 0.6) is 0 Å². The summed E-state index contributed by atoms with van der Waals surface area (Å²) in [5, 5.41) is 12.8. The van der Waals surface area contributed by atoms with Gasteiger partial charge in [-0.2, -0.15) is 0 Å². The molecule has 0 saturated heterocycles. The monoisotopic (exact) mass is 270 g/mol. The highest BCUT2D eigenvalue weighted by Crippen LogP contribution is 2.19. The van der Waals surface area contributed by atoms with Gasteiger partial charge >= 0.3 is 5.97 Å². The molecule has 0 spiro atoms. The third kappa shape index (κ3) is 4.02. The number of amides is 1. The third-order valence-corrected chi connectivity index (χ3v) is 2.10. The van der Waals surface area contributed by atoms with Crippen LogP contribution in [0.25, 0.3) is 0 Å². The molecule has 1 rings (SSSR count). The molecule has 1 aromatic carbocycles. The topological polar surface area (TPSA) is 98.5 Å². The normalized spacial score (nSPS) is 9.79. The molecule has 0 aliphatic heterocycles. The number of nitrogens with zero attached hydrogens (tertiary/aromatic N) is 1. The number of nitro groups is 1. The lowest BCUT2D eigenvalue weighted by molar-refractivity contribution is -0.385. The van der Waals surface area contributed by atoms with Gasteiger partial charge in [0.1, 0.15) is 17.9 Å². The van der Waals surface area contributed by atoms with Crippen molar-refractivity contribution in [3.63, 3.8) is 0 Å². The molecular formula is C11H11FN2O5. The van der Waals surface area contributed by atoms with Crippen molar-refractivity contribution in [2.45, 2.75) is 6.92 Å². The zero-order valence-electron chi connectivity index (χ0n) is 10.0. The maximum absolute atomic E-state index is 12.9. The van der Waals surface area contributed by atoms with Crippen LogP contribution < -0.4 is 5.32 Å². The molecule has 19 heavy (non-hydrogen) atoms. The molecule has 0 bridgehead atoms. The van der Waals surface area contributed by atoms with E-state index in [9.17, 15) is 24.1 Å². The van der Waals surface area contributed by atoms with Crippen molar-refractivity contribution >= 4 is 17.6 Å². The number of carbonyl (C=O) groups is 2. The Morgan fingerprint density at radius 1 is 1.47 bits per heavy atom. The molecule has 1 aromatic rings. The summed E-state index contributed by atoms with van der Waals surface area (Å²) in [6, 6.07) is 2.54. The van der Waals surface area contributed by atoms with Crippen molar-refractivity contribution < 1.29 is 23.6 Å². The molecular weight excluding hydrogens is 259 g/mol. The quantitative estimate of drug-likeness (QED) is 0.489. The van der Waals surface area contributed by atoms with Gasteiger partial charge in [-0.1, -0.05) is 0 Å². The van der Waals surface area contributed by atoms with E-state index in [2.05, 4.69) is 10.1 Å². The Balaban J connectivity index is 2.82. The zero-order valence-corrected chi connectivity index (χ0v) is 10.0. The maximum Gasteiger partial charge on any atom is 0.325 e. The van der Waals surface area contributed by atoms with Crippen LogP contribution in [0.3, 0.4) is 0 Å². The van der Waals surface area contributed by atoms with Crippen LogP contribution in [0.4, 0.5) is 10.1 Å². The van der Waals surface area contributed by atoms with Crippen LogP contribution in [-0.2, 0) is 9.53 Å². The largest absolute Gasteiger partial charge is 0.465 e. The van der Waals surface area contributed by atoms with E-state index in [0.717, 1.165) is 12.1 Å². The summed E-state index contributed by atoms with van der Waals surface area (Å²) in [6.45, 7) is 1.34.